The minimum absolute atomic E-state index is 0.0454. The highest BCUT2D eigenvalue weighted by atomic mass is 16.2. The number of amides is 2. The summed E-state index contributed by atoms with van der Waals surface area (Å²) >= 11 is 0. The number of benzene rings is 1. The molecular weight excluding hydrogens is 344 g/mol. The second-order valence-electron chi connectivity index (χ2n) is 6.35. The van der Waals surface area contributed by atoms with E-state index in [1.165, 1.54) is 0 Å². The van der Waals surface area contributed by atoms with Gasteiger partial charge < -0.3 is 11.1 Å². The van der Waals surface area contributed by atoms with E-state index in [4.69, 9.17) is 5.73 Å². The Morgan fingerprint density at radius 2 is 1.96 bits per heavy atom. The Balaban J connectivity index is 1.81. The zero-order valence-electron chi connectivity index (χ0n) is 15.6. The first-order valence-electron chi connectivity index (χ1n) is 8.66. The Kier molecular flexibility index (Phi) is 5.07. The minimum Gasteiger partial charge on any atom is -0.364 e. The second-order valence-corrected chi connectivity index (χ2v) is 6.35. The molecule has 0 fully saturated rings. The number of primary amides is 1. The van der Waals surface area contributed by atoms with Crippen LogP contribution < -0.4 is 11.1 Å². The number of nitrogens with one attached hydrogen (secondary N) is 1. The highest BCUT2D eigenvalue weighted by Gasteiger charge is 2.17. The molecule has 8 nitrogen and oxygen atoms in total. The Bertz CT molecular complexity index is 1000. The Morgan fingerprint density at radius 3 is 2.59 bits per heavy atom. The molecular formula is C19H22N6O2. The maximum absolute atomic E-state index is 12.6. The topological polar surface area (TPSA) is 108 Å². The van der Waals surface area contributed by atoms with Crippen LogP contribution in [0.5, 0.6) is 0 Å². The molecule has 0 spiro atoms. The number of carbonyl (C=O) groups excluding carboxylic acids is 2. The predicted molar refractivity (Wildman–Crippen MR) is 102 cm³/mol. The van der Waals surface area contributed by atoms with Gasteiger partial charge in [-0.2, -0.15) is 10.2 Å². The number of nitrogens with zero attached hydrogens (tertiary/aromatic N) is 4. The summed E-state index contributed by atoms with van der Waals surface area (Å²) in [6.45, 7) is 6.95. The maximum Gasteiger partial charge on any atom is 0.271 e. The molecule has 1 aromatic carbocycles. The number of aryl methyl sites for hydroxylation is 3. The quantitative estimate of drug-likeness (QED) is 0.696. The van der Waals surface area contributed by atoms with Crippen LogP contribution in [0.15, 0.2) is 36.5 Å². The molecule has 2 heterocycles. The van der Waals surface area contributed by atoms with Crippen molar-refractivity contribution in [1.82, 2.24) is 19.6 Å². The van der Waals surface area contributed by atoms with Crippen molar-refractivity contribution >= 4 is 17.5 Å². The van der Waals surface area contributed by atoms with Crippen LogP contribution in [-0.4, -0.2) is 31.4 Å². The van der Waals surface area contributed by atoms with Crippen LogP contribution in [-0.2, 0) is 13.1 Å². The van der Waals surface area contributed by atoms with Gasteiger partial charge in [0.15, 0.2) is 5.69 Å². The van der Waals surface area contributed by atoms with E-state index in [0.717, 1.165) is 17.0 Å². The van der Waals surface area contributed by atoms with Gasteiger partial charge in [-0.3, -0.25) is 19.0 Å². The molecule has 3 aromatic rings. The molecule has 0 aliphatic rings. The van der Waals surface area contributed by atoms with Crippen molar-refractivity contribution in [3.05, 3.63) is 64.7 Å². The minimum atomic E-state index is -0.684. The molecule has 140 valence electrons. The number of carbonyl (C=O) groups is 2. The van der Waals surface area contributed by atoms with E-state index < -0.39 is 5.91 Å². The first kappa shape index (κ1) is 18.4. The molecule has 3 rings (SSSR count). The van der Waals surface area contributed by atoms with Crippen LogP contribution in [0, 0.1) is 13.8 Å². The second kappa shape index (κ2) is 7.45. The number of rotatable bonds is 6. The summed E-state index contributed by atoms with van der Waals surface area (Å²) < 4.78 is 3.44. The molecule has 0 aliphatic carbocycles. The van der Waals surface area contributed by atoms with Crippen molar-refractivity contribution in [3.63, 3.8) is 0 Å². The summed E-state index contributed by atoms with van der Waals surface area (Å²) in [5.41, 5.74) is 9.14. The fourth-order valence-electron chi connectivity index (χ4n) is 2.87. The lowest BCUT2D eigenvalue weighted by atomic mass is 10.1. The molecule has 2 amide bonds. The van der Waals surface area contributed by atoms with Gasteiger partial charge in [0.2, 0.25) is 0 Å². The monoisotopic (exact) mass is 366 g/mol. The SMILES string of the molecule is CCn1cc(NC(=O)c2cccc(Cn3nc(C)cc3C)c2)c(C(N)=O)n1. The summed E-state index contributed by atoms with van der Waals surface area (Å²) in [7, 11) is 0. The Labute approximate surface area is 157 Å². The standard InChI is InChI=1S/C19H22N6O2/c1-4-24-11-16(17(23-24)18(20)26)21-19(27)15-7-5-6-14(9-15)10-25-13(3)8-12(2)22-25/h5-9,11H,4,10H2,1-3H3,(H2,20,26)(H,21,27). The summed E-state index contributed by atoms with van der Waals surface area (Å²) in [6.07, 6.45) is 1.59. The molecule has 0 atom stereocenters. The molecule has 0 aliphatic heterocycles. The van der Waals surface area contributed by atoms with Crippen LogP contribution in [0.25, 0.3) is 0 Å². The molecule has 27 heavy (non-hydrogen) atoms. The molecule has 8 heteroatoms. The fourth-order valence-corrected chi connectivity index (χ4v) is 2.87. The van der Waals surface area contributed by atoms with Crippen molar-refractivity contribution < 1.29 is 9.59 Å². The van der Waals surface area contributed by atoms with E-state index >= 15 is 0 Å². The fraction of sp³-hybridized carbons (Fsp3) is 0.263. The van der Waals surface area contributed by atoms with Gasteiger partial charge in [0.25, 0.3) is 11.8 Å². The average Bonchev–Trinajstić information content (AvgIpc) is 3.18. The summed E-state index contributed by atoms with van der Waals surface area (Å²) in [6, 6.07) is 9.29. The van der Waals surface area contributed by atoms with Crippen LogP contribution in [0.2, 0.25) is 0 Å². The Hall–Kier alpha value is -3.42. The van der Waals surface area contributed by atoms with Gasteiger partial charge in [-0.1, -0.05) is 12.1 Å². The lowest BCUT2D eigenvalue weighted by molar-refractivity contribution is 0.0995. The molecule has 0 saturated carbocycles. The number of nitrogens with two attached hydrogens (primary N) is 1. The van der Waals surface area contributed by atoms with Crippen LogP contribution in [0.4, 0.5) is 5.69 Å². The van der Waals surface area contributed by atoms with Crippen LogP contribution in [0.3, 0.4) is 0 Å². The first-order chi connectivity index (χ1) is 12.9. The largest absolute Gasteiger partial charge is 0.364 e. The number of hydrogen-bond acceptors (Lipinski definition) is 4. The third-order valence-electron chi connectivity index (χ3n) is 4.19. The van der Waals surface area contributed by atoms with Crippen LogP contribution >= 0.6 is 0 Å². The number of hydrogen-bond donors (Lipinski definition) is 2. The highest BCUT2D eigenvalue weighted by molar-refractivity contribution is 6.08. The highest BCUT2D eigenvalue weighted by Crippen LogP contribution is 2.16. The zero-order valence-corrected chi connectivity index (χ0v) is 15.6. The van der Waals surface area contributed by atoms with E-state index in [1.807, 2.05) is 43.7 Å². The van der Waals surface area contributed by atoms with E-state index in [2.05, 4.69) is 15.5 Å². The van der Waals surface area contributed by atoms with Crippen molar-refractivity contribution in [2.24, 2.45) is 5.73 Å². The lowest BCUT2D eigenvalue weighted by Crippen LogP contribution is -2.18. The normalized spacial score (nSPS) is 10.8. The van der Waals surface area contributed by atoms with E-state index in [0.29, 0.717) is 24.3 Å². The van der Waals surface area contributed by atoms with Crippen molar-refractivity contribution in [2.45, 2.75) is 33.9 Å². The van der Waals surface area contributed by atoms with Gasteiger partial charge in [0.05, 0.1) is 17.9 Å². The maximum atomic E-state index is 12.6. The number of aromatic nitrogens is 4. The molecule has 0 radical (unpaired) electrons. The lowest BCUT2D eigenvalue weighted by Gasteiger charge is -2.08. The van der Waals surface area contributed by atoms with Crippen LogP contribution in [0.1, 0.15) is 44.7 Å². The third kappa shape index (κ3) is 4.05. The van der Waals surface area contributed by atoms with E-state index in [1.54, 1.807) is 23.0 Å². The van der Waals surface area contributed by atoms with Crippen molar-refractivity contribution in [1.29, 1.82) is 0 Å². The molecule has 0 unspecified atom stereocenters. The molecule has 0 saturated heterocycles. The predicted octanol–water partition coefficient (Wildman–Crippen LogP) is 2.12. The summed E-state index contributed by atoms with van der Waals surface area (Å²) in [5, 5.41) is 11.2. The summed E-state index contributed by atoms with van der Waals surface area (Å²) in [4.78, 5) is 24.2. The smallest absolute Gasteiger partial charge is 0.271 e. The average molecular weight is 366 g/mol. The van der Waals surface area contributed by atoms with Crippen molar-refractivity contribution in [3.8, 4) is 0 Å². The molecule has 3 N–H and O–H groups in total. The van der Waals surface area contributed by atoms with Gasteiger partial charge in [-0.05, 0) is 44.5 Å². The van der Waals surface area contributed by atoms with Gasteiger partial charge in [-0.25, -0.2) is 0 Å². The summed E-state index contributed by atoms with van der Waals surface area (Å²) in [5.74, 6) is -1.01. The van der Waals surface area contributed by atoms with Gasteiger partial charge in [0.1, 0.15) is 0 Å². The van der Waals surface area contributed by atoms with Gasteiger partial charge in [-0.15, -0.1) is 0 Å². The first-order valence-corrected chi connectivity index (χ1v) is 8.66. The van der Waals surface area contributed by atoms with E-state index in [9.17, 15) is 9.59 Å². The molecule has 2 aromatic heterocycles. The zero-order chi connectivity index (χ0) is 19.6. The van der Waals surface area contributed by atoms with E-state index in [-0.39, 0.29) is 11.6 Å². The third-order valence-corrected chi connectivity index (χ3v) is 4.19. The van der Waals surface area contributed by atoms with Gasteiger partial charge >= 0.3 is 0 Å². The number of anilines is 1. The Morgan fingerprint density at radius 1 is 1.19 bits per heavy atom. The van der Waals surface area contributed by atoms with Crippen molar-refractivity contribution in [2.75, 3.05) is 5.32 Å². The van der Waals surface area contributed by atoms with Gasteiger partial charge in [0, 0.05) is 24.0 Å². The molecule has 0 bridgehead atoms.